The number of carboxylic acids is 1. The average molecular weight is 348 g/mol. The minimum Gasteiger partial charge on any atom is -0.487 e. The molecule has 1 aliphatic carbocycles. The van der Waals surface area contributed by atoms with Crippen molar-refractivity contribution >= 4 is 17.6 Å². The van der Waals surface area contributed by atoms with Gasteiger partial charge in [-0.15, -0.1) is 0 Å². The van der Waals surface area contributed by atoms with Gasteiger partial charge >= 0.3 is 11.7 Å². The molecule has 0 bridgehead atoms. The van der Waals surface area contributed by atoms with E-state index in [0.29, 0.717) is 6.54 Å². The lowest BCUT2D eigenvalue weighted by Gasteiger charge is -2.24. The molecule has 0 spiro atoms. The Bertz CT molecular complexity index is 719. The highest BCUT2D eigenvalue weighted by Crippen LogP contribution is 2.43. The maximum Gasteiger partial charge on any atom is 0.326 e. The fraction of sp³-hybridized carbons (Fsp3) is 0.529. The van der Waals surface area contributed by atoms with Crippen molar-refractivity contribution in [1.82, 2.24) is 4.90 Å². The summed E-state index contributed by atoms with van der Waals surface area (Å²) >= 11 is 0. The zero-order valence-electron chi connectivity index (χ0n) is 13.9. The summed E-state index contributed by atoms with van der Waals surface area (Å²) in [5.41, 5.74) is -0.180. The first-order valence-corrected chi connectivity index (χ1v) is 8.39. The largest absolute Gasteiger partial charge is 0.487 e. The van der Waals surface area contributed by atoms with E-state index < -0.39 is 22.8 Å². The van der Waals surface area contributed by atoms with Gasteiger partial charge in [-0.05, 0) is 43.7 Å². The first kappa shape index (κ1) is 17.2. The third-order valence-electron chi connectivity index (χ3n) is 5.11. The first-order valence-electron chi connectivity index (χ1n) is 8.39. The molecule has 1 saturated heterocycles. The van der Waals surface area contributed by atoms with Gasteiger partial charge in [0, 0.05) is 18.2 Å². The number of benzene rings is 1. The highest BCUT2D eigenvalue weighted by atomic mass is 16.6. The average Bonchev–Trinajstić information content (AvgIpc) is 3.14. The monoisotopic (exact) mass is 348 g/mol. The number of hydrogen-bond donors (Lipinski definition) is 1. The minimum atomic E-state index is -1.01. The van der Waals surface area contributed by atoms with Gasteiger partial charge in [0.05, 0.1) is 11.5 Å². The second-order valence-corrected chi connectivity index (χ2v) is 6.47. The molecule has 134 valence electrons. The number of aliphatic carboxylic acids is 1. The van der Waals surface area contributed by atoms with E-state index in [1.807, 2.05) is 0 Å². The Kier molecular flexibility index (Phi) is 4.61. The summed E-state index contributed by atoms with van der Waals surface area (Å²) < 4.78 is 5.22. The molecule has 8 nitrogen and oxygen atoms in total. The zero-order valence-corrected chi connectivity index (χ0v) is 13.9. The molecule has 1 N–H and O–H groups in total. The summed E-state index contributed by atoms with van der Waals surface area (Å²) in [5, 5.41) is 20.8. The molecule has 25 heavy (non-hydrogen) atoms. The van der Waals surface area contributed by atoms with Gasteiger partial charge in [-0.3, -0.25) is 14.9 Å². The van der Waals surface area contributed by atoms with Crippen molar-refractivity contribution in [3.8, 4) is 5.75 Å². The number of carbonyl (C=O) groups is 2. The van der Waals surface area contributed by atoms with Crippen LogP contribution in [0.1, 0.15) is 36.5 Å². The number of nitrogens with zero attached hydrogens (tertiary/aromatic N) is 2. The number of ether oxygens (including phenoxy) is 1. The van der Waals surface area contributed by atoms with Crippen molar-refractivity contribution in [2.45, 2.75) is 32.2 Å². The van der Waals surface area contributed by atoms with Crippen molar-refractivity contribution in [3.05, 3.63) is 33.9 Å². The van der Waals surface area contributed by atoms with Crippen molar-refractivity contribution in [2.75, 3.05) is 13.2 Å². The van der Waals surface area contributed by atoms with Gasteiger partial charge in [0.15, 0.2) is 5.75 Å². The van der Waals surface area contributed by atoms with Gasteiger partial charge in [0.1, 0.15) is 6.04 Å². The fourth-order valence-electron chi connectivity index (χ4n) is 4.07. The first-order chi connectivity index (χ1) is 11.9. The molecule has 1 aliphatic heterocycles. The summed E-state index contributed by atoms with van der Waals surface area (Å²) in [6.45, 7) is 2.37. The quantitative estimate of drug-likeness (QED) is 0.646. The Labute approximate surface area is 144 Å². The summed E-state index contributed by atoms with van der Waals surface area (Å²) in [6, 6.07) is 3.15. The molecule has 0 aromatic heterocycles. The molecule has 3 rings (SSSR count). The molecule has 1 saturated carbocycles. The van der Waals surface area contributed by atoms with Crippen molar-refractivity contribution in [2.24, 2.45) is 11.8 Å². The number of carboxylic acid groups (broad SMARTS) is 1. The van der Waals surface area contributed by atoms with Gasteiger partial charge in [0.25, 0.3) is 5.91 Å². The standard InChI is InChI=1S/C17H20N2O6/c1-2-25-14-7-6-10(8-13(14)19(23)24)16(20)18-9-11-4-3-5-12(11)15(18)17(21)22/h6-8,11-12,15H,2-5,9H2,1H3,(H,21,22). The number of likely N-dealkylation sites (tertiary alicyclic amines) is 1. The van der Waals surface area contributed by atoms with E-state index in [9.17, 15) is 24.8 Å². The van der Waals surface area contributed by atoms with Crippen LogP contribution in [0.3, 0.4) is 0 Å². The van der Waals surface area contributed by atoms with Crippen LogP contribution in [0.4, 0.5) is 5.69 Å². The van der Waals surface area contributed by atoms with Gasteiger partial charge in [-0.1, -0.05) is 6.42 Å². The van der Waals surface area contributed by atoms with E-state index in [4.69, 9.17) is 4.74 Å². The summed E-state index contributed by atoms with van der Waals surface area (Å²) in [6.07, 6.45) is 2.70. The molecular formula is C17H20N2O6. The number of carbonyl (C=O) groups excluding carboxylic acids is 1. The second kappa shape index (κ2) is 6.70. The van der Waals surface area contributed by atoms with Gasteiger partial charge in [-0.2, -0.15) is 0 Å². The fourth-order valence-corrected chi connectivity index (χ4v) is 4.07. The van der Waals surface area contributed by atoms with Crippen LogP contribution in [-0.4, -0.2) is 46.0 Å². The minimum absolute atomic E-state index is 0.0286. The lowest BCUT2D eigenvalue weighted by molar-refractivity contribution is -0.385. The van der Waals surface area contributed by atoms with Gasteiger partial charge < -0.3 is 14.7 Å². The Morgan fingerprint density at radius 1 is 1.40 bits per heavy atom. The smallest absolute Gasteiger partial charge is 0.326 e. The highest BCUT2D eigenvalue weighted by Gasteiger charge is 2.49. The predicted octanol–water partition coefficient (Wildman–Crippen LogP) is 2.32. The zero-order chi connectivity index (χ0) is 18.1. The third kappa shape index (κ3) is 3.04. The maximum absolute atomic E-state index is 12.8. The molecule has 3 unspecified atom stereocenters. The third-order valence-corrected chi connectivity index (χ3v) is 5.11. The summed E-state index contributed by atoms with van der Waals surface area (Å²) in [5.74, 6) is -1.23. The van der Waals surface area contributed by atoms with Crippen LogP contribution < -0.4 is 4.74 Å². The van der Waals surface area contributed by atoms with Crippen LogP contribution in [0.15, 0.2) is 18.2 Å². The summed E-state index contributed by atoms with van der Waals surface area (Å²) in [4.78, 5) is 36.5. The highest BCUT2D eigenvalue weighted by molar-refractivity contribution is 5.98. The molecular weight excluding hydrogens is 328 g/mol. The SMILES string of the molecule is CCOc1ccc(C(=O)N2CC3CCCC3C2C(=O)O)cc1[N+](=O)[O-]. The molecule has 1 amide bonds. The topological polar surface area (TPSA) is 110 Å². The molecule has 1 aromatic carbocycles. The van der Waals surface area contributed by atoms with Crippen LogP contribution in [0.2, 0.25) is 0 Å². The van der Waals surface area contributed by atoms with E-state index in [1.54, 1.807) is 6.92 Å². The molecule has 2 fully saturated rings. The van der Waals surface area contributed by atoms with Crippen LogP contribution >= 0.6 is 0 Å². The Morgan fingerprint density at radius 2 is 2.16 bits per heavy atom. The number of nitro benzene ring substituents is 1. The second-order valence-electron chi connectivity index (χ2n) is 6.47. The number of hydrogen-bond acceptors (Lipinski definition) is 5. The van der Waals surface area contributed by atoms with E-state index in [0.717, 1.165) is 19.3 Å². The van der Waals surface area contributed by atoms with Crippen molar-refractivity contribution in [3.63, 3.8) is 0 Å². The molecule has 1 heterocycles. The Balaban J connectivity index is 1.91. The molecule has 1 aromatic rings. The van der Waals surface area contributed by atoms with Crippen LogP contribution in [0, 0.1) is 22.0 Å². The molecule has 2 aliphatic rings. The number of rotatable bonds is 5. The number of nitro groups is 1. The summed E-state index contributed by atoms with van der Waals surface area (Å²) in [7, 11) is 0. The normalized spacial score (nSPS) is 24.8. The Hall–Kier alpha value is -2.64. The molecule has 3 atom stereocenters. The Morgan fingerprint density at radius 3 is 2.80 bits per heavy atom. The van der Waals surface area contributed by atoms with Gasteiger partial charge in [0.2, 0.25) is 0 Å². The molecule has 0 radical (unpaired) electrons. The van der Waals surface area contributed by atoms with Crippen molar-refractivity contribution in [1.29, 1.82) is 0 Å². The van der Waals surface area contributed by atoms with E-state index in [-0.39, 0.29) is 35.4 Å². The van der Waals surface area contributed by atoms with E-state index in [2.05, 4.69) is 0 Å². The van der Waals surface area contributed by atoms with E-state index in [1.165, 1.54) is 23.1 Å². The van der Waals surface area contributed by atoms with Crippen LogP contribution in [-0.2, 0) is 4.79 Å². The van der Waals surface area contributed by atoms with Gasteiger partial charge in [-0.25, -0.2) is 4.79 Å². The number of amides is 1. The van der Waals surface area contributed by atoms with Crippen LogP contribution in [0.5, 0.6) is 5.75 Å². The molecule has 8 heteroatoms. The van der Waals surface area contributed by atoms with Crippen LogP contribution in [0.25, 0.3) is 0 Å². The maximum atomic E-state index is 12.8. The number of fused-ring (bicyclic) bond motifs is 1. The van der Waals surface area contributed by atoms with E-state index >= 15 is 0 Å². The van der Waals surface area contributed by atoms with Crippen molar-refractivity contribution < 1.29 is 24.4 Å². The predicted molar refractivity (Wildman–Crippen MR) is 87.6 cm³/mol. The lowest BCUT2D eigenvalue weighted by Crippen LogP contribution is -2.43. The lowest BCUT2D eigenvalue weighted by atomic mass is 9.94.